The zero-order valence-corrected chi connectivity index (χ0v) is 11.5. The lowest BCUT2D eigenvalue weighted by atomic mass is 9.91. The second-order valence-electron chi connectivity index (χ2n) is 5.44. The Morgan fingerprint density at radius 3 is 2.50 bits per heavy atom. The van der Waals surface area contributed by atoms with Crippen LogP contribution in [0.5, 0.6) is 0 Å². The summed E-state index contributed by atoms with van der Waals surface area (Å²) >= 11 is 0. The summed E-state index contributed by atoms with van der Waals surface area (Å²) in [6.45, 7) is 4.36. The van der Waals surface area contributed by atoms with Gasteiger partial charge in [-0.05, 0) is 37.3 Å². The van der Waals surface area contributed by atoms with Gasteiger partial charge in [0.1, 0.15) is 0 Å². The first-order valence-corrected chi connectivity index (χ1v) is 7.23. The molecule has 0 radical (unpaired) electrons. The van der Waals surface area contributed by atoms with Gasteiger partial charge in [0.25, 0.3) is 0 Å². The third-order valence-electron chi connectivity index (χ3n) is 4.08. The summed E-state index contributed by atoms with van der Waals surface area (Å²) in [5, 5.41) is 13.6. The second kappa shape index (κ2) is 6.35. The van der Waals surface area contributed by atoms with E-state index < -0.39 is 0 Å². The maximum absolute atomic E-state index is 9.98. The Morgan fingerprint density at radius 2 is 1.89 bits per heavy atom. The third-order valence-corrected chi connectivity index (χ3v) is 4.08. The highest BCUT2D eigenvalue weighted by atomic mass is 16.3. The predicted octanol–water partition coefficient (Wildman–Crippen LogP) is 3.20. The lowest BCUT2D eigenvalue weighted by Gasteiger charge is -2.31. The number of nitrogens with one attached hydrogen (secondary N) is 1. The average molecular weight is 247 g/mol. The van der Waals surface area contributed by atoms with Gasteiger partial charge in [0.2, 0.25) is 0 Å². The molecule has 2 nitrogen and oxygen atoms in total. The minimum atomic E-state index is -0.170. The molecule has 0 heterocycles. The van der Waals surface area contributed by atoms with E-state index in [9.17, 15) is 5.11 Å². The van der Waals surface area contributed by atoms with Crippen LogP contribution < -0.4 is 5.32 Å². The molecule has 0 aliphatic heterocycles. The van der Waals surface area contributed by atoms with Crippen molar-refractivity contribution < 1.29 is 5.11 Å². The summed E-state index contributed by atoms with van der Waals surface area (Å²) in [7, 11) is 0. The van der Waals surface area contributed by atoms with Crippen LogP contribution in [0, 0.1) is 0 Å². The topological polar surface area (TPSA) is 32.3 Å². The Balaban J connectivity index is 1.95. The van der Waals surface area contributed by atoms with Gasteiger partial charge in [0.15, 0.2) is 0 Å². The van der Waals surface area contributed by atoms with Crippen LogP contribution in [0.1, 0.15) is 56.7 Å². The van der Waals surface area contributed by atoms with Gasteiger partial charge in [-0.2, -0.15) is 0 Å². The zero-order chi connectivity index (χ0) is 13.0. The number of aliphatic hydroxyl groups is 1. The molecule has 0 bridgehead atoms. The Morgan fingerprint density at radius 1 is 1.22 bits per heavy atom. The quantitative estimate of drug-likeness (QED) is 0.856. The highest BCUT2D eigenvalue weighted by Crippen LogP contribution is 2.22. The fraction of sp³-hybridized carbons (Fsp3) is 0.625. The Labute approximate surface area is 110 Å². The van der Waals surface area contributed by atoms with E-state index in [-0.39, 0.29) is 12.1 Å². The first-order chi connectivity index (χ1) is 8.70. The van der Waals surface area contributed by atoms with Gasteiger partial charge in [0.05, 0.1) is 6.10 Å². The fourth-order valence-electron chi connectivity index (χ4n) is 2.77. The van der Waals surface area contributed by atoms with Gasteiger partial charge < -0.3 is 10.4 Å². The summed E-state index contributed by atoms with van der Waals surface area (Å²) in [6.07, 6.45) is 5.35. The number of aryl methyl sites for hydroxylation is 1. The molecule has 2 rings (SSSR count). The Hall–Kier alpha value is -0.860. The van der Waals surface area contributed by atoms with Crippen molar-refractivity contribution >= 4 is 0 Å². The van der Waals surface area contributed by atoms with Gasteiger partial charge in [-0.25, -0.2) is 0 Å². The molecule has 0 amide bonds. The molecule has 3 atom stereocenters. The van der Waals surface area contributed by atoms with Crippen LogP contribution in [-0.2, 0) is 6.42 Å². The van der Waals surface area contributed by atoms with Crippen molar-refractivity contribution in [1.82, 2.24) is 5.32 Å². The molecule has 1 aliphatic carbocycles. The molecular formula is C16H25NO. The minimum absolute atomic E-state index is 0.170. The van der Waals surface area contributed by atoms with Crippen molar-refractivity contribution in [3.8, 4) is 0 Å². The van der Waals surface area contributed by atoms with E-state index in [0.717, 1.165) is 19.3 Å². The molecule has 2 N–H and O–H groups in total. The van der Waals surface area contributed by atoms with Gasteiger partial charge in [0, 0.05) is 12.1 Å². The van der Waals surface area contributed by atoms with Crippen LogP contribution in [0.4, 0.5) is 0 Å². The van der Waals surface area contributed by atoms with Crippen LogP contribution in [0.2, 0.25) is 0 Å². The van der Waals surface area contributed by atoms with Crippen LogP contribution in [0.3, 0.4) is 0 Å². The number of benzene rings is 1. The van der Waals surface area contributed by atoms with Crippen molar-refractivity contribution in [1.29, 1.82) is 0 Å². The highest BCUT2D eigenvalue weighted by Gasteiger charge is 2.24. The smallest absolute Gasteiger partial charge is 0.0693 e. The predicted molar refractivity (Wildman–Crippen MR) is 75.6 cm³/mol. The molecule has 18 heavy (non-hydrogen) atoms. The molecule has 1 fully saturated rings. The zero-order valence-electron chi connectivity index (χ0n) is 11.5. The number of aliphatic hydroxyl groups excluding tert-OH is 1. The molecule has 0 aromatic heterocycles. The molecular weight excluding hydrogens is 222 g/mol. The van der Waals surface area contributed by atoms with E-state index in [0.29, 0.717) is 6.04 Å². The molecule has 1 unspecified atom stereocenters. The first-order valence-electron chi connectivity index (χ1n) is 7.23. The Bertz CT molecular complexity index is 360. The van der Waals surface area contributed by atoms with Crippen molar-refractivity contribution in [2.45, 2.75) is 64.1 Å². The second-order valence-corrected chi connectivity index (χ2v) is 5.44. The van der Waals surface area contributed by atoms with Crippen LogP contribution in [0.15, 0.2) is 24.3 Å². The third kappa shape index (κ3) is 3.33. The van der Waals surface area contributed by atoms with E-state index >= 15 is 0 Å². The highest BCUT2D eigenvalue weighted by molar-refractivity contribution is 5.24. The Kier molecular flexibility index (Phi) is 4.79. The number of hydrogen-bond acceptors (Lipinski definition) is 2. The lowest BCUT2D eigenvalue weighted by molar-refractivity contribution is 0.0860. The van der Waals surface area contributed by atoms with Crippen LogP contribution in [0.25, 0.3) is 0 Å². The van der Waals surface area contributed by atoms with E-state index in [2.05, 4.69) is 43.4 Å². The summed E-state index contributed by atoms with van der Waals surface area (Å²) in [5.41, 5.74) is 2.69. The van der Waals surface area contributed by atoms with Crippen LogP contribution >= 0.6 is 0 Å². The van der Waals surface area contributed by atoms with E-state index in [4.69, 9.17) is 0 Å². The van der Waals surface area contributed by atoms with Gasteiger partial charge >= 0.3 is 0 Å². The van der Waals surface area contributed by atoms with Gasteiger partial charge in [-0.1, -0.05) is 44.0 Å². The molecule has 100 valence electrons. The molecule has 2 heteroatoms. The van der Waals surface area contributed by atoms with Gasteiger partial charge in [-0.3, -0.25) is 0 Å². The summed E-state index contributed by atoms with van der Waals surface area (Å²) in [4.78, 5) is 0. The average Bonchev–Trinajstić information content (AvgIpc) is 2.41. The van der Waals surface area contributed by atoms with Gasteiger partial charge in [-0.15, -0.1) is 0 Å². The maximum atomic E-state index is 9.98. The summed E-state index contributed by atoms with van der Waals surface area (Å²) in [5.74, 6) is 0. The van der Waals surface area contributed by atoms with E-state index in [1.54, 1.807) is 0 Å². The molecule has 1 aromatic rings. The largest absolute Gasteiger partial charge is 0.392 e. The van der Waals surface area contributed by atoms with E-state index in [1.807, 2.05) is 0 Å². The van der Waals surface area contributed by atoms with Crippen LogP contribution in [-0.4, -0.2) is 17.3 Å². The normalized spacial score (nSPS) is 25.9. The van der Waals surface area contributed by atoms with Crippen molar-refractivity contribution in [3.05, 3.63) is 35.4 Å². The summed E-state index contributed by atoms with van der Waals surface area (Å²) < 4.78 is 0. The number of rotatable bonds is 4. The monoisotopic (exact) mass is 247 g/mol. The number of hydrogen-bond donors (Lipinski definition) is 2. The van der Waals surface area contributed by atoms with Crippen molar-refractivity contribution in [2.75, 3.05) is 0 Å². The SMILES string of the molecule is CCc1ccc(C(C)N[C@@H]2CCCC[C@H]2O)cc1. The molecule has 1 saturated carbocycles. The first kappa shape index (κ1) is 13.6. The molecule has 1 aliphatic rings. The lowest BCUT2D eigenvalue weighted by Crippen LogP contribution is -2.43. The maximum Gasteiger partial charge on any atom is 0.0693 e. The van der Waals surface area contributed by atoms with Crippen molar-refractivity contribution in [2.24, 2.45) is 0 Å². The summed E-state index contributed by atoms with van der Waals surface area (Å²) in [6, 6.07) is 9.38. The molecule has 0 saturated heterocycles. The standard InChI is InChI=1S/C16H25NO/c1-3-13-8-10-14(11-9-13)12(2)17-15-6-4-5-7-16(15)18/h8-12,15-18H,3-7H2,1-2H3/t12?,15-,16-/m1/s1. The van der Waals surface area contributed by atoms with E-state index in [1.165, 1.54) is 24.0 Å². The minimum Gasteiger partial charge on any atom is -0.392 e. The fourth-order valence-corrected chi connectivity index (χ4v) is 2.77. The van der Waals surface area contributed by atoms with Crippen molar-refractivity contribution in [3.63, 3.8) is 0 Å². The molecule has 1 aromatic carbocycles. The molecule has 0 spiro atoms.